The Morgan fingerprint density at radius 1 is 1.23 bits per heavy atom. The van der Waals surface area contributed by atoms with E-state index in [2.05, 4.69) is 40.8 Å². The third-order valence-electron chi connectivity index (χ3n) is 9.35. The number of amides is 1. The topological polar surface area (TPSA) is 108 Å². The maximum absolute atomic E-state index is 13.4. The van der Waals surface area contributed by atoms with Crippen LogP contribution < -0.4 is 19.7 Å². The fourth-order valence-electron chi connectivity index (χ4n) is 7.21. The molecule has 9 nitrogen and oxygen atoms in total. The van der Waals surface area contributed by atoms with E-state index in [0.29, 0.717) is 56.4 Å². The number of fused-ring (bicyclic) bond motifs is 1. The van der Waals surface area contributed by atoms with Crippen LogP contribution in [0.3, 0.4) is 0 Å². The maximum Gasteiger partial charge on any atom is 0.265 e. The van der Waals surface area contributed by atoms with E-state index < -0.39 is 0 Å². The molecule has 1 unspecified atom stereocenters. The average Bonchev–Trinajstić information content (AvgIpc) is 3.84. The highest BCUT2D eigenvalue weighted by molar-refractivity contribution is 8.02. The molecule has 1 saturated heterocycles. The molecular weight excluding hydrogens is 510 g/mol. The van der Waals surface area contributed by atoms with Gasteiger partial charge in [-0.05, 0) is 93.7 Å². The van der Waals surface area contributed by atoms with Crippen molar-refractivity contribution in [3.05, 3.63) is 41.1 Å². The largest absolute Gasteiger partial charge is 0.476 e. The fraction of sp³-hybridized carbons (Fsp3) is 0.586. The van der Waals surface area contributed by atoms with E-state index in [1.807, 2.05) is 24.4 Å². The van der Waals surface area contributed by atoms with Crippen molar-refractivity contribution >= 4 is 29.4 Å². The molecule has 3 saturated carbocycles. The summed E-state index contributed by atoms with van der Waals surface area (Å²) >= 11 is 1.13. The third-order valence-corrected chi connectivity index (χ3v) is 10.3. The molecule has 1 atom stereocenters. The quantitative estimate of drug-likeness (QED) is 0.285. The van der Waals surface area contributed by atoms with Gasteiger partial charge in [-0.25, -0.2) is 9.67 Å². The first-order valence-electron chi connectivity index (χ1n) is 14.0. The fourth-order valence-corrected chi connectivity index (χ4v) is 7.85. The molecule has 2 aromatic heterocycles. The summed E-state index contributed by atoms with van der Waals surface area (Å²) in [5, 5.41) is 15.6. The molecule has 3 N–H and O–H groups in total. The zero-order valence-electron chi connectivity index (χ0n) is 23.5. The maximum atomic E-state index is 13.4. The normalized spacial score (nSPS) is 23.7. The molecular formula is C29H39N7O2S. The molecule has 3 heterocycles. The number of nitrogens with zero attached hydrogens (tertiary/aromatic N) is 4. The van der Waals surface area contributed by atoms with Crippen LogP contribution in [0.1, 0.15) is 70.2 Å². The van der Waals surface area contributed by atoms with Crippen LogP contribution in [0.15, 0.2) is 35.5 Å². The van der Waals surface area contributed by atoms with Gasteiger partial charge in [0.05, 0.1) is 17.1 Å². The van der Waals surface area contributed by atoms with E-state index in [0.717, 1.165) is 31.5 Å². The Balaban J connectivity index is 1.23. The monoisotopic (exact) mass is 549 g/mol. The smallest absolute Gasteiger partial charge is 0.265 e. The van der Waals surface area contributed by atoms with Gasteiger partial charge in [0.25, 0.3) is 5.91 Å². The van der Waals surface area contributed by atoms with Gasteiger partial charge in [-0.3, -0.25) is 9.52 Å². The lowest BCUT2D eigenvalue weighted by Gasteiger charge is -2.34. The van der Waals surface area contributed by atoms with Gasteiger partial charge in [0.2, 0.25) is 5.88 Å². The van der Waals surface area contributed by atoms with E-state index in [9.17, 15) is 4.79 Å². The minimum Gasteiger partial charge on any atom is -0.476 e. The summed E-state index contributed by atoms with van der Waals surface area (Å²) in [7, 11) is 1.77. The summed E-state index contributed by atoms with van der Waals surface area (Å²) in [6.45, 7) is 9.90. The molecule has 2 aromatic rings. The molecule has 39 heavy (non-hydrogen) atoms. The second-order valence-corrected chi connectivity index (χ2v) is 13.4. The standard InChI is InChI=1S/C29H39N7O2S/c1-18-14-27(3,4)35(16-18)25-20(26(37)34-39-21(15-31-5)19(2)30)6-7-23(32-25)36-13-8-24(33-36)38-17-22-28(9-10-28)29(22)11-12-29/h6-8,13,15,18,22,30-31H,9-12,14,16-17H2,1-5H3,(H,34,37)/b21-15+,30-19?. The predicted molar refractivity (Wildman–Crippen MR) is 154 cm³/mol. The van der Waals surface area contributed by atoms with Crippen LogP contribution in [0.4, 0.5) is 5.82 Å². The molecule has 4 fully saturated rings. The second kappa shape index (κ2) is 9.28. The van der Waals surface area contributed by atoms with Crippen LogP contribution in [0.25, 0.3) is 5.82 Å². The minimum atomic E-state index is -0.246. The Kier molecular flexibility index (Phi) is 6.24. The van der Waals surface area contributed by atoms with Crippen LogP contribution in [-0.4, -0.2) is 52.1 Å². The molecule has 0 bridgehead atoms. The zero-order chi connectivity index (χ0) is 27.6. The Morgan fingerprint density at radius 2 is 1.95 bits per heavy atom. The van der Waals surface area contributed by atoms with Gasteiger partial charge in [-0.1, -0.05) is 6.92 Å². The van der Waals surface area contributed by atoms with Crippen LogP contribution in [0.5, 0.6) is 5.88 Å². The first-order chi connectivity index (χ1) is 18.6. The summed E-state index contributed by atoms with van der Waals surface area (Å²) in [6, 6.07) is 5.56. The lowest BCUT2D eigenvalue weighted by molar-refractivity contribution is 0.0984. The van der Waals surface area contributed by atoms with Crippen molar-refractivity contribution in [1.82, 2.24) is 24.8 Å². The summed E-state index contributed by atoms with van der Waals surface area (Å²) in [5.74, 6) is 2.86. The summed E-state index contributed by atoms with van der Waals surface area (Å²) in [6.07, 6.45) is 10.1. The van der Waals surface area contributed by atoms with Crippen molar-refractivity contribution in [3.63, 3.8) is 0 Å². The Morgan fingerprint density at radius 3 is 2.54 bits per heavy atom. The van der Waals surface area contributed by atoms with Gasteiger partial charge in [-0.15, -0.1) is 5.10 Å². The zero-order valence-corrected chi connectivity index (χ0v) is 24.3. The Bertz CT molecular complexity index is 1320. The molecule has 208 valence electrons. The number of allylic oxidation sites excluding steroid dienone is 1. The summed E-state index contributed by atoms with van der Waals surface area (Å²) in [5.41, 5.74) is 1.95. The van der Waals surface area contributed by atoms with Crippen molar-refractivity contribution in [3.8, 4) is 11.7 Å². The lowest BCUT2D eigenvalue weighted by Crippen LogP contribution is -2.40. The number of nitrogens with one attached hydrogen (secondary N) is 3. The molecule has 2 spiro atoms. The van der Waals surface area contributed by atoms with Gasteiger partial charge in [-0.2, -0.15) is 0 Å². The molecule has 10 heteroatoms. The highest BCUT2D eigenvalue weighted by atomic mass is 32.2. The minimum absolute atomic E-state index is 0.143. The van der Waals surface area contributed by atoms with E-state index >= 15 is 0 Å². The van der Waals surface area contributed by atoms with Crippen molar-refractivity contribution in [1.29, 1.82) is 5.41 Å². The second-order valence-electron chi connectivity index (χ2n) is 12.5. The van der Waals surface area contributed by atoms with Gasteiger partial charge < -0.3 is 20.4 Å². The first-order valence-corrected chi connectivity index (χ1v) is 14.8. The van der Waals surface area contributed by atoms with Gasteiger partial charge >= 0.3 is 0 Å². The van der Waals surface area contributed by atoms with Gasteiger partial charge in [0, 0.05) is 49.2 Å². The van der Waals surface area contributed by atoms with Gasteiger partial charge in [0.1, 0.15) is 5.82 Å². The summed E-state index contributed by atoms with van der Waals surface area (Å²) in [4.78, 5) is 21.3. The van der Waals surface area contributed by atoms with E-state index in [1.165, 1.54) is 25.7 Å². The van der Waals surface area contributed by atoms with E-state index in [4.69, 9.17) is 15.1 Å². The molecule has 1 aliphatic heterocycles. The van der Waals surface area contributed by atoms with Crippen LogP contribution in [0, 0.1) is 28.1 Å². The number of aromatic nitrogens is 3. The number of hydrogen-bond acceptors (Lipinski definition) is 8. The highest BCUT2D eigenvalue weighted by Gasteiger charge is 2.86. The predicted octanol–water partition coefficient (Wildman–Crippen LogP) is 4.94. The molecule has 3 aliphatic carbocycles. The summed E-state index contributed by atoms with van der Waals surface area (Å²) < 4.78 is 10.8. The number of carbonyl (C=O) groups excluding carboxylic acids is 1. The van der Waals surface area contributed by atoms with E-state index in [1.54, 1.807) is 24.9 Å². The van der Waals surface area contributed by atoms with Crippen molar-refractivity contribution in [2.75, 3.05) is 25.1 Å². The number of anilines is 1. The first kappa shape index (κ1) is 26.2. The molecule has 4 aliphatic rings. The third kappa shape index (κ3) is 4.50. The molecule has 0 aromatic carbocycles. The van der Waals surface area contributed by atoms with Crippen LogP contribution >= 0.6 is 11.9 Å². The molecule has 1 amide bonds. The SMILES string of the molecule is CN/C=C(/SNC(=O)c1ccc(-n2ccc(OCC3C4(CC4)C34CC4)n2)nc1N1CC(C)CC1(C)C)C(C)=N. The lowest BCUT2D eigenvalue weighted by atomic mass is 9.97. The Labute approximate surface area is 234 Å². The number of carbonyl (C=O) groups is 1. The molecule has 6 rings (SSSR count). The van der Waals surface area contributed by atoms with Gasteiger partial charge in [0.15, 0.2) is 5.82 Å². The van der Waals surface area contributed by atoms with Crippen molar-refractivity contribution in [2.45, 2.75) is 65.3 Å². The molecule has 0 radical (unpaired) electrons. The number of pyridine rings is 1. The Hall–Kier alpha value is -3.01. The van der Waals surface area contributed by atoms with Crippen molar-refractivity contribution < 1.29 is 9.53 Å². The number of hydrogen-bond donors (Lipinski definition) is 3. The number of rotatable bonds is 10. The van der Waals surface area contributed by atoms with E-state index in [-0.39, 0.29) is 11.4 Å². The van der Waals surface area contributed by atoms with Crippen LogP contribution in [0.2, 0.25) is 0 Å². The van der Waals surface area contributed by atoms with Crippen molar-refractivity contribution in [2.24, 2.45) is 22.7 Å². The highest BCUT2D eigenvalue weighted by Crippen LogP contribution is 2.92. The number of ether oxygens (including phenoxy) is 1. The average molecular weight is 550 g/mol. The van der Waals surface area contributed by atoms with Crippen LogP contribution in [-0.2, 0) is 0 Å².